The van der Waals surface area contributed by atoms with Gasteiger partial charge in [-0.15, -0.1) is 0 Å². The van der Waals surface area contributed by atoms with Crippen molar-refractivity contribution in [2.24, 2.45) is 7.05 Å². The summed E-state index contributed by atoms with van der Waals surface area (Å²) in [5, 5.41) is 3.99. The van der Waals surface area contributed by atoms with E-state index in [9.17, 15) is 4.79 Å². The summed E-state index contributed by atoms with van der Waals surface area (Å²) in [7, 11) is 1.89. The maximum Gasteiger partial charge on any atom is 0.270 e. The van der Waals surface area contributed by atoms with Gasteiger partial charge in [0.05, 0.1) is 6.10 Å². The molecule has 1 aliphatic carbocycles. The van der Waals surface area contributed by atoms with Crippen LogP contribution >= 0.6 is 0 Å². The topological polar surface area (TPSA) is 73.4 Å². The fraction of sp³-hybridized carbons (Fsp3) is 0.588. The van der Waals surface area contributed by atoms with E-state index in [1.54, 1.807) is 0 Å². The van der Waals surface area contributed by atoms with E-state index in [1.807, 2.05) is 34.8 Å². The number of aryl methyl sites for hydroxylation is 1. The first-order chi connectivity index (χ1) is 11.7. The number of ether oxygens (including phenoxy) is 1. The van der Waals surface area contributed by atoms with Crippen LogP contribution in [0.4, 0.5) is 0 Å². The summed E-state index contributed by atoms with van der Waals surface area (Å²) in [6, 6.07) is 3.75. The maximum atomic E-state index is 12.5. The van der Waals surface area contributed by atoms with Crippen molar-refractivity contribution < 1.29 is 14.1 Å². The van der Waals surface area contributed by atoms with E-state index in [1.165, 1.54) is 0 Å². The minimum atomic E-state index is 0.0897. The summed E-state index contributed by atoms with van der Waals surface area (Å²) in [5.74, 6) is 1.96. The Morgan fingerprint density at radius 3 is 2.79 bits per heavy atom. The van der Waals surface area contributed by atoms with E-state index in [0.717, 1.165) is 37.2 Å². The molecule has 1 saturated heterocycles. The summed E-state index contributed by atoms with van der Waals surface area (Å²) in [5.41, 5.74) is 0.729. The molecule has 1 saturated carbocycles. The Bertz CT molecular complexity index is 711. The number of hydrogen-bond acceptors (Lipinski definition) is 5. The molecule has 0 spiro atoms. The molecule has 2 aliphatic rings. The Kier molecular flexibility index (Phi) is 4.10. The van der Waals surface area contributed by atoms with E-state index >= 15 is 0 Å². The zero-order valence-corrected chi connectivity index (χ0v) is 13.9. The third-order valence-electron chi connectivity index (χ3n) is 4.76. The van der Waals surface area contributed by atoms with Gasteiger partial charge in [-0.2, -0.15) is 4.98 Å². The highest BCUT2D eigenvalue weighted by Crippen LogP contribution is 2.38. The lowest BCUT2D eigenvalue weighted by atomic mass is 10.1. The minimum Gasteiger partial charge on any atom is -0.368 e. The van der Waals surface area contributed by atoms with Crippen LogP contribution in [0.25, 0.3) is 0 Å². The maximum absolute atomic E-state index is 12.5. The molecular weight excluding hydrogens is 308 g/mol. The van der Waals surface area contributed by atoms with Gasteiger partial charge in [0.2, 0.25) is 0 Å². The number of carbonyl (C=O) groups is 1. The molecule has 128 valence electrons. The van der Waals surface area contributed by atoms with Gasteiger partial charge in [0.25, 0.3) is 11.8 Å². The van der Waals surface area contributed by atoms with Gasteiger partial charge in [-0.3, -0.25) is 4.79 Å². The average molecular weight is 330 g/mol. The molecule has 0 aromatic carbocycles. The number of rotatable bonds is 5. The molecule has 3 heterocycles. The molecule has 0 radical (unpaired) electrons. The van der Waals surface area contributed by atoms with Crippen LogP contribution in [0.2, 0.25) is 0 Å². The van der Waals surface area contributed by atoms with E-state index in [-0.39, 0.29) is 12.0 Å². The third-order valence-corrected chi connectivity index (χ3v) is 4.76. The van der Waals surface area contributed by atoms with E-state index in [2.05, 4.69) is 10.1 Å². The molecular formula is C17H22N4O3. The second-order valence-corrected chi connectivity index (χ2v) is 6.63. The number of nitrogens with zero attached hydrogens (tertiary/aromatic N) is 4. The van der Waals surface area contributed by atoms with Gasteiger partial charge in [0.1, 0.15) is 12.3 Å². The zero-order chi connectivity index (χ0) is 16.5. The number of carbonyl (C=O) groups excluding carboxylic acids is 1. The van der Waals surface area contributed by atoms with Crippen LogP contribution in [-0.2, 0) is 18.4 Å². The quantitative estimate of drug-likeness (QED) is 0.839. The molecule has 7 heteroatoms. The standard InChI is InChI=1S/C17H22N4O3/c1-20-8-2-3-14(20)17(22)21-9-6-13(7-10-21)23-11-15-18-16(19-24-15)12-4-5-12/h2-3,8,12-13H,4-7,9-11H2,1H3. The summed E-state index contributed by atoms with van der Waals surface area (Å²) in [6.45, 7) is 1.79. The molecule has 0 atom stereocenters. The van der Waals surface area contributed by atoms with Crippen LogP contribution in [0.3, 0.4) is 0 Å². The van der Waals surface area contributed by atoms with Crippen LogP contribution in [0.5, 0.6) is 0 Å². The van der Waals surface area contributed by atoms with E-state index in [0.29, 0.717) is 31.5 Å². The van der Waals surface area contributed by atoms with Crippen molar-refractivity contribution in [2.45, 2.75) is 44.3 Å². The van der Waals surface area contributed by atoms with Crippen LogP contribution in [0.15, 0.2) is 22.9 Å². The third kappa shape index (κ3) is 3.21. The van der Waals surface area contributed by atoms with Crippen LogP contribution in [0.1, 0.15) is 53.8 Å². The summed E-state index contributed by atoms with van der Waals surface area (Å²) in [4.78, 5) is 18.7. The van der Waals surface area contributed by atoms with Gasteiger partial charge < -0.3 is 18.7 Å². The lowest BCUT2D eigenvalue weighted by Crippen LogP contribution is -2.41. The number of likely N-dealkylation sites (tertiary alicyclic amines) is 1. The highest BCUT2D eigenvalue weighted by atomic mass is 16.5. The Balaban J connectivity index is 1.25. The number of piperidine rings is 1. The summed E-state index contributed by atoms with van der Waals surface area (Å²) >= 11 is 0. The average Bonchev–Trinajstić information content (AvgIpc) is 3.19. The van der Waals surface area contributed by atoms with Crippen LogP contribution < -0.4 is 0 Å². The monoisotopic (exact) mass is 330 g/mol. The Morgan fingerprint density at radius 2 is 2.12 bits per heavy atom. The number of amides is 1. The van der Waals surface area contributed by atoms with Crippen molar-refractivity contribution in [1.82, 2.24) is 19.6 Å². The number of hydrogen-bond donors (Lipinski definition) is 0. The molecule has 0 N–H and O–H groups in total. The Hall–Kier alpha value is -2.15. The molecule has 7 nitrogen and oxygen atoms in total. The van der Waals surface area contributed by atoms with Gasteiger partial charge in [-0.05, 0) is 37.8 Å². The van der Waals surface area contributed by atoms with Gasteiger partial charge in [-0.25, -0.2) is 0 Å². The molecule has 2 aromatic heterocycles. The van der Waals surface area contributed by atoms with Crippen LogP contribution in [0, 0.1) is 0 Å². The van der Waals surface area contributed by atoms with E-state index in [4.69, 9.17) is 9.26 Å². The highest BCUT2D eigenvalue weighted by molar-refractivity contribution is 5.92. The fourth-order valence-electron chi connectivity index (χ4n) is 3.09. The van der Waals surface area contributed by atoms with Crippen LogP contribution in [-0.4, -0.2) is 44.7 Å². The second kappa shape index (κ2) is 6.39. The number of aromatic nitrogens is 3. The van der Waals surface area contributed by atoms with Gasteiger partial charge in [-0.1, -0.05) is 5.16 Å². The predicted molar refractivity (Wildman–Crippen MR) is 85.4 cm³/mol. The molecule has 24 heavy (non-hydrogen) atoms. The van der Waals surface area contributed by atoms with Gasteiger partial charge >= 0.3 is 0 Å². The Morgan fingerprint density at radius 1 is 1.33 bits per heavy atom. The SMILES string of the molecule is Cn1cccc1C(=O)N1CCC(OCc2nc(C3CC3)no2)CC1. The Labute approximate surface area is 140 Å². The first-order valence-electron chi connectivity index (χ1n) is 8.55. The first kappa shape index (κ1) is 15.4. The smallest absolute Gasteiger partial charge is 0.270 e. The van der Waals surface area contributed by atoms with Gasteiger partial charge in [0.15, 0.2) is 5.82 Å². The fourth-order valence-corrected chi connectivity index (χ4v) is 3.09. The summed E-state index contributed by atoms with van der Waals surface area (Å²) in [6.07, 6.45) is 6.02. The highest BCUT2D eigenvalue weighted by Gasteiger charge is 2.29. The van der Waals surface area contributed by atoms with Crippen molar-refractivity contribution in [3.05, 3.63) is 35.7 Å². The van der Waals surface area contributed by atoms with Crippen molar-refractivity contribution in [2.75, 3.05) is 13.1 Å². The molecule has 2 fully saturated rings. The lowest BCUT2D eigenvalue weighted by Gasteiger charge is -2.31. The molecule has 4 rings (SSSR count). The van der Waals surface area contributed by atoms with Crippen molar-refractivity contribution in [3.8, 4) is 0 Å². The molecule has 2 aromatic rings. The molecule has 1 aliphatic heterocycles. The van der Waals surface area contributed by atoms with E-state index < -0.39 is 0 Å². The molecule has 0 unspecified atom stereocenters. The van der Waals surface area contributed by atoms with Crippen molar-refractivity contribution >= 4 is 5.91 Å². The first-order valence-corrected chi connectivity index (χ1v) is 8.55. The second-order valence-electron chi connectivity index (χ2n) is 6.63. The molecule has 1 amide bonds. The zero-order valence-electron chi connectivity index (χ0n) is 13.9. The largest absolute Gasteiger partial charge is 0.368 e. The lowest BCUT2D eigenvalue weighted by molar-refractivity contribution is -0.00994. The molecule has 0 bridgehead atoms. The van der Waals surface area contributed by atoms with Crippen molar-refractivity contribution in [3.63, 3.8) is 0 Å². The normalized spacial score (nSPS) is 19.0. The van der Waals surface area contributed by atoms with Crippen molar-refractivity contribution in [1.29, 1.82) is 0 Å². The minimum absolute atomic E-state index is 0.0897. The predicted octanol–water partition coefficient (Wildman–Crippen LogP) is 2.11. The summed E-state index contributed by atoms with van der Waals surface area (Å²) < 4.78 is 13.0. The van der Waals surface area contributed by atoms with Gasteiger partial charge in [0, 0.05) is 32.3 Å².